The molecule has 1 unspecified atom stereocenters. The molecule has 3 N–H and O–H groups in total. The summed E-state index contributed by atoms with van der Waals surface area (Å²) in [6.07, 6.45) is 1.52. The maximum atomic E-state index is 12.9. The Balaban J connectivity index is 1.50. The van der Waals surface area contributed by atoms with E-state index in [9.17, 15) is 14.0 Å². The number of ether oxygens (including phenoxy) is 1. The molecule has 1 atom stereocenters. The fourth-order valence-corrected chi connectivity index (χ4v) is 3.04. The summed E-state index contributed by atoms with van der Waals surface area (Å²) in [5.41, 5.74) is 6.22. The van der Waals surface area contributed by atoms with Crippen molar-refractivity contribution < 1.29 is 18.7 Å². The molecule has 142 valence electrons. The second kappa shape index (κ2) is 8.53. The Morgan fingerprint density at radius 3 is 2.37 bits per heavy atom. The van der Waals surface area contributed by atoms with Crippen LogP contribution >= 0.6 is 0 Å². The minimum absolute atomic E-state index is 0.0763. The highest BCUT2D eigenvalue weighted by Crippen LogP contribution is 2.22. The van der Waals surface area contributed by atoms with Crippen LogP contribution in [0, 0.1) is 11.7 Å². The first-order chi connectivity index (χ1) is 13.0. The van der Waals surface area contributed by atoms with E-state index in [-0.39, 0.29) is 17.6 Å². The first-order valence-electron chi connectivity index (χ1n) is 8.86. The summed E-state index contributed by atoms with van der Waals surface area (Å²) in [5, 5.41) is 2.90. The van der Waals surface area contributed by atoms with Gasteiger partial charge in [0.15, 0.2) is 0 Å². The Hall–Kier alpha value is -3.09. The molecule has 0 aromatic heterocycles. The van der Waals surface area contributed by atoms with Gasteiger partial charge < -0.3 is 20.7 Å². The van der Waals surface area contributed by atoms with Crippen molar-refractivity contribution in [1.29, 1.82) is 0 Å². The molecule has 1 aliphatic rings. The van der Waals surface area contributed by atoms with Gasteiger partial charge in [-0.1, -0.05) is 12.1 Å². The van der Waals surface area contributed by atoms with Crippen molar-refractivity contribution in [3.63, 3.8) is 0 Å². The van der Waals surface area contributed by atoms with E-state index in [1.807, 2.05) is 12.1 Å². The minimum Gasteiger partial charge on any atom is -0.457 e. The molecule has 1 saturated heterocycles. The maximum absolute atomic E-state index is 12.9. The molecule has 0 saturated carbocycles. The molecule has 3 amide bonds. The third-order valence-electron chi connectivity index (χ3n) is 4.54. The fraction of sp³-hybridized carbons (Fsp3) is 0.300. The lowest BCUT2D eigenvalue weighted by Crippen LogP contribution is -2.47. The summed E-state index contributed by atoms with van der Waals surface area (Å²) >= 11 is 0. The Labute approximate surface area is 157 Å². The highest BCUT2D eigenvalue weighted by atomic mass is 19.1. The number of carbonyl (C=O) groups excluding carboxylic acids is 2. The number of piperidine rings is 1. The van der Waals surface area contributed by atoms with Gasteiger partial charge in [-0.3, -0.25) is 4.79 Å². The number of carbonyl (C=O) groups is 2. The van der Waals surface area contributed by atoms with Crippen molar-refractivity contribution in [2.24, 2.45) is 11.7 Å². The number of likely N-dealkylation sites (tertiary alicyclic amines) is 1. The summed E-state index contributed by atoms with van der Waals surface area (Å²) in [6, 6.07) is 12.6. The van der Waals surface area contributed by atoms with Crippen LogP contribution in [-0.2, 0) is 11.3 Å². The number of amides is 3. The maximum Gasteiger partial charge on any atom is 0.314 e. The Bertz CT molecular complexity index is 793. The molecule has 1 heterocycles. The zero-order chi connectivity index (χ0) is 19.2. The Morgan fingerprint density at radius 1 is 1.11 bits per heavy atom. The molecule has 2 aromatic rings. The molecule has 3 rings (SSSR count). The van der Waals surface area contributed by atoms with Crippen LogP contribution in [0.2, 0.25) is 0 Å². The lowest BCUT2D eigenvalue weighted by molar-refractivity contribution is -0.126. The van der Waals surface area contributed by atoms with Crippen LogP contribution in [0.1, 0.15) is 18.4 Å². The zero-order valence-electron chi connectivity index (χ0n) is 14.9. The third kappa shape index (κ3) is 5.20. The number of benzene rings is 2. The van der Waals surface area contributed by atoms with E-state index >= 15 is 0 Å². The molecule has 2 aromatic carbocycles. The number of nitrogens with one attached hydrogen (secondary N) is 1. The number of halogens is 1. The normalized spacial score (nSPS) is 16.6. The number of urea groups is 1. The van der Waals surface area contributed by atoms with Gasteiger partial charge in [0.25, 0.3) is 0 Å². The van der Waals surface area contributed by atoms with Crippen LogP contribution < -0.4 is 15.8 Å². The number of hydrogen-bond donors (Lipinski definition) is 2. The van der Waals surface area contributed by atoms with Gasteiger partial charge in [-0.05, 0) is 54.8 Å². The first kappa shape index (κ1) is 18.7. The minimum atomic E-state index is -0.482. The zero-order valence-corrected chi connectivity index (χ0v) is 14.9. The van der Waals surface area contributed by atoms with Crippen molar-refractivity contribution in [3.05, 3.63) is 59.9 Å². The van der Waals surface area contributed by atoms with E-state index in [0.29, 0.717) is 31.1 Å². The van der Waals surface area contributed by atoms with Gasteiger partial charge in [0.05, 0.1) is 5.92 Å². The summed E-state index contributed by atoms with van der Waals surface area (Å²) in [5.74, 6) is 0.556. The van der Waals surface area contributed by atoms with E-state index in [4.69, 9.17) is 10.5 Å². The van der Waals surface area contributed by atoms with Crippen LogP contribution in [0.4, 0.5) is 9.18 Å². The van der Waals surface area contributed by atoms with E-state index in [1.165, 1.54) is 17.0 Å². The largest absolute Gasteiger partial charge is 0.457 e. The van der Waals surface area contributed by atoms with Gasteiger partial charge in [-0.25, -0.2) is 9.18 Å². The second-order valence-electron chi connectivity index (χ2n) is 6.54. The van der Waals surface area contributed by atoms with Crippen LogP contribution in [-0.4, -0.2) is 29.9 Å². The monoisotopic (exact) mass is 371 g/mol. The number of hydrogen-bond acceptors (Lipinski definition) is 3. The van der Waals surface area contributed by atoms with Crippen LogP contribution in [0.25, 0.3) is 0 Å². The SMILES string of the molecule is NC(=O)N1CCCC(C(=O)NCc2ccc(Oc3ccc(F)cc3)cc2)C1. The Kier molecular flexibility index (Phi) is 5.90. The van der Waals surface area contributed by atoms with Gasteiger partial charge in [0.2, 0.25) is 5.91 Å². The second-order valence-corrected chi connectivity index (χ2v) is 6.54. The van der Waals surface area contributed by atoms with E-state index < -0.39 is 6.03 Å². The molecule has 27 heavy (non-hydrogen) atoms. The molecule has 1 fully saturated rings. The van der Waals surface area contributed by atoms with Gasteiger partial charge in [-0.15, -0.1) is 0 Å². The highest BCUT2D eigenvalue weighted by molar-refractivity contribution is 5.80. The average Bonchev–Trinajstić information content (AvgIpc) is 2.69. The lowest BCUT2D eigenvalue weighted by Gasteiger charge is -2.30. The van der Waals surface area contributed by atoms with Crippen LogP contribution in [0.3, 0.4) is 0 Å². The van der Waals surface area contributed by atoms with Crippen LogP contribution in [0.5, 0.6) is 11.5 Å². The molecular formula is C20H22FN3O3. The predicted octanol–water partition coefficient (Wildman–Crippen LogP) is 3.02. The van der Waals surface area contributed by atoms with Crippen molar-refractivity contribution in [1.82, 2.24) is 10.2 Å². The number of nitrogens with zero attached hydrogens (tertiary/aromatic N) is 1. The van der Waals surface area contributed by atoms with Crippen molar-refractivity contribution in [3.8, 4) is 11.5 Å². The van der Waals surface area contributed by atoms with Crippen molar-refractivity contribution >= 4 is 11.9 Å². The third-order valence-corrected chi connectivity index (χ3v) is 4.54. The molecule has 0 spiro atoms. The highest BCUT2D eigenvalue weighted by Gasteiger charge is 2.27. The number of nitrogens with two attached hydrogens (primary N) is 1. The molecule has 6 nitrogen and oxygen atoms in total. The summed E-state index contributed by atoms with van der Waals surface area (Å²) in [7, 11) is 0. The van der Waals surface area contributed by atoms with Gasteiger partial charge in [-0.2, -0.15) is 0 Å². The predicted molar refractivity (Wildman–Crippen MR) is 98.6 cm³/mol. The molecule has 7 heteroatoms. The first-order valence-corrected chi connectivity index (χ1v) is 8.86. The van der Waals surface area contributed by atoms with Crippen molar-refractivity contribution in [2.45, 2.75) is 19.4 Å². The van der Waals surface area contributed by atoms with Crippen LogP contribution in [0.15, 0.2) is 48.5 Å². The molecule has 0 radical (unpaired) electrons. The van der Waals surface area contributed by atoms with Crippen molar-refractivity contribution in [2.75, 3.05) is 13.1 Å². The number of primary amides is 1. The quantitative estimate of drug-likeness (QED) is 0.847. The van der Waals surface area contributed by atoms with E-state index in [1.54, 1.807) is 24.3 Å². The van der Waals surface area contributed by atoms with E-state index in [0.717, 1.165) is 18.4 Å². The Morgan fingerprint density at radius 2 is 1.74 bits per heavy atom. The average molecular weight is 371 g/mol. The molecule has 0 bridgehead atoms. The van der Waals surface area contributed by atoms with Gasteiger partial charge in [0, 0.05) is 19.6 Å². The molecular weight excluding hydrogens is 349 g/mol. The summed E-state index contributed by atoms with van der Waals surface area (Å²) < 4.78 is 18.5. The van der Waals surface area contributed by atoms with E-state index in [2.05, 4.69) is 5.32 Å². The molecule has 0 aliphatic carbocycles. The standard InChI is InChI=1S/C20H22FN3O3/c21-16-5-9-18(10-6-16)27-17-7-3-14(4-8-17)12-23-19(25)15-2-1-11-24(13-15)20(22)26/h3-10,15H,1-2,11-13H2,(H2,22,26)(H,23,25). The van der Waals surface area contributed by atoms with Gasteiger partial charge >= 0.3 is 6.03 Å². The molecule has 1 aliphatic heterocycles. The lowest BCUT2D eigenvalue weighted by atomic mass is 9.97. The summed E-state index contributed by atoms with van der Waals surface area (Å²) in [4.78, 5) is 25.1. The number of rotatable bonds is 5. The fourth-order valence-electron chi connectivity index (χ4n) is 3.04. The summed E-state index contributed by atoms with van der Waals surface area (Å²) in [6.45, 7) is 1.36. The smallest absolute Gasteiger partial charge is 0.314 e. The topological polar surface area (TPSA) is 84.7 Å². The van der Waals surface area contributed by atoms with Gasteiger partial charge in [0.1, 0.15) is 17.3 Å².